The smallest absolute Gasteiger partial charge is 0.0452 e. The Morgan fingerprint density at radius 2 is 2.42 bits per heavy atom. The van der Waals surface area contributed by atoms with Gasteiger partial charge in [-0.3, -0.25) is 0 Å². The van der Waals surface area contributed by atoms with Gasteiger partial charge in [-0.05, 0) is 24.5 Å². The minimum Gasteiger partial charge on any atom is -0.353 e. The van der Waals surface area contributed by atoms with Crippen molar-refractivity contribution in [2.75, 3.05) is 0 Å². The van der Waals surface area contributed by atoms with E-state index in [2.05, 4.69) is 29.9 Å². The van der Waals surface area contributed by atoms with E-state index >= 15 is 0 Å². The van der Waals surface area contributed by atoms with Crippen LogP contribution in [0.1, 0.15) is 31.0 Å². The molecule has 0 aliphatic heterocycles. The summed E-state index contributed by atoms with van der Waals surface area (Å²) in [4.78, 5) is 0. The molecular weight excluding hydrogens is 148 g/mol. The second kappa shape index (κ2) is 2.94. The fourth-order valence-electron chi connectivity index (χ4n) is 1.69. The first-order valence-corrected chi connectivity index (χ1v) is 4.64. The van der Waals surface area contributed by atoms with Gasteiger partial charge in [0.2, 0.25) is 0 Å². The van der Waals surface area contributed by atoms with Crippen molar-refractivity contribution >= 4 is 0 Å². The van der Waals surface area contributed by atoms with Gasteiger partial charge >= 0.3 is 0 Å². The second-order valence-corrected chi connectivity index (χ2v) is 3.83. The fraction of sp³-hybridized carbons (Fsp3) is 0.600. The van der Waals surface area contributed by atoms with E-state index in [1.165, 1.54) is 18.5 Å². The average Bonchev–Trinajstić information content (AvgIpc) is 2.72. The highest BCUT2D eigenvalue weighted by Crippen LogP contribution is 2.36. The molecule has 0 spiro atoms. The highest BCUT2D eigenvalue weighted by Gasteiger charge is 2.25. The molecule has 1 heterocycles. The maximum absolute atomic E-state index is 6.06. The average molecular weight is 164 g/mol. The van der Waals surface area contributed by atoms with Crippen molar-refractivity contribution in [2.24, 2.45) is 18.7 Å². The Morgan fingerprint density at radius 3 is 2.92 bits per heavy atom. The third kappa shape index (κ3) is 1.53. The van der Waals surface area contributed by atoms with Crippen molar-refractivity contribution in [1.29, 1.82) is 0 Å². The predicted octanol–water partition coefficient (Wildman–Crippen LogP) is 1.82. The summed E-state index contributed by atoms with van der Waals surface area (Å²) in [5, 5.41) is 0. The highest BCUT2D eigenvalue weighted by atomic mass is 14.9. The summed E-state index contributed by atoms with van der Waals surface area (Å²) < 4.78 is 2.12. The maximum Gasteiger partial charge on any atom is 0.0452 e. The third-order valence-corrected chi connectivity index (χ3v) is 2.65. The number of aryl methyl sites for hydroxylation is 1. The first-order chi connectivity index (χ1) is 5.77. The van der Waals surface area contributed by atoms with Gasteiger partial charge in [0.15, 0.2) is 0 Å². The van der Waals surface area contributed by atoms with E-state index in [1.807, 2.05) is 0 Å². The molecule has 2 heteroatoms. The zero-order valence-electron chi connectivity index (χ0n) is 7.53. The van der Waals surface area contributed by atoms with Gasteiger partial charge in [0, 0.05) is 25.0 Å². The number of nitrogens with zero attached hydrogens (tertiary/aromatic N) is 1. The summed E-state index contributed by atoms with van der Waals surface area (Å²) in [6.07, 6.45) is 6.00. The van der Waals surface area contributed by atoms with Crippen molar-refractivity contribution < 1.29 is 0 Å². The Morgan fingerprint density at radius 1 is 1.67 bits per heavy atom. The molecule has 1 saturated carbocycles. The molecule has 2 nitrogen and oxygen atoms in total. The lowest BCUT2D eigenvalue weighted by molar-refractivity contribution is 0.565. The van der Waals surface area contributed by atoms with Gasteiger partial charge in [-0.2, -0.15) is 0 Å². The quantitative estimate of drug-likeness (QED) is 0.726. The van der Waals surface area contributed by atoms with Crippen LogP contribution in [0.15, 0.2) is 18.3 Å². The molecule has 0 unspecified atom stereocenters. The second-order valence-electron chi connectivity index (χ2n) is 3.83. The van der Waals surface area contributed by atoms with Crippen molar-refractivity contribution in [1.82, 2.24) is 4.57 Å². The van der Waals surface area contributed by atoms with Crippen molar-refractivity contribution in [3.63, 3.8) is 0 Å². The SMILES string of the molecule is Cn1cccc1[C@H](N)CC1CC1. The van der Waals surface area contributed by atoms with Crippen LogP contribution in [0.2, 0.25) is 0 Å². The van der Waals surface area contributed by atoms with Crippen LogP contribution < -0.4 is 5.73 Å². The molecule has 1 aromatic rings. The van der Waals surface area contributed by atoms with Gasteiger partial charge in [-0.15, -0.1) is 0 Å². The van der Waals surface area contributed by atoms with E-state index in [9.17, 15) is 0 Å². The number of rotatable bonds is 3. The zero-order valence-corrected chi connectivity index (χ0v) is 7.53. The van der Waals surface area contributed by atoms with E-state index in [-0.39, 0.29) is 6.04 Å². The molecule has 12 heavy (non-hydrogen) atoms. The molecule has 0 radical (unpaired) electrons. The fourth-order valence-corrected chi connectivity index (χ4v) is 1.69. The number of aromatic nitrogens is 1. The molecule has 2 rings (SSSR count). The number of hydrogen-bond donors (Lipinski definition) is 1. The van der Waals surface area contributed by atoms with Gasteiger partial charge in [0.25, 0.3) is 0 Å². The predicted molar refractivity (Wildman–Crippen MR) is 49.7 cm³/mol. The van der Waals surface area contributed by atoms with Crippen molar-refractivity contribution in [2.45, 2.75) is 25.3 Å². The Kier molecular flexibility index (Phi) is 1.93. The summed E-state index contributed by atoms with van der Waals surface area (Å²) in [6.45, 7) is 0. The van der Waals surface area contributed by atoms with E-state index in [4.69, 9.17) is 5.73 Å². The number of nitrogens with two attached hydrogens (primary N) is 1. The van der Waals surface area contributed by atoms with Gasteiger partial charge < -0.3 is 10.3 Å². The van der Waals surface area contributed by atoms with Gasteiger partial charge in [0.1, 0.15) is 0 Å². The molecule has 66 valence electrons. The van der Waals surface area contributed by atoms with E-state index in [0.717, 1.165) is 12.3 Å². The summed E-state index contributed by atoms with van der Waals surface area (Å²) in [7, 11) is 2.06. The van der Waals surface area contributed by atoms with Gasteiger partial charge in [-0.25, -0.2) is 0 Å². The molecule has 2 N–H and O–H groups in total. The Hall–Kier alpha value is -0.760. The monoisotopic (exact) mass is 164 g/mol. The van der Waals surface area contributed by atoms with Crippen LogP contribution in [0.3, 0.4) is 0 Å². The minimum atomic E-state index is 0.248. The highest BCUT2D eigenvalue weighted by molar-refractivity contribution is 5.11. The lowest BCUT2D eigenvalue weighted by Gasteiger charge is -2.11. The summed E-state index contributed by atoms with van der Waals surface area (Å²) in [5.74, 6) is 0.912. The molecule has 0 bridgehead atoms. The van der Waals surface area contributed by atoms with Crippen LogP contribution >= 0.6 is 0 Å². The first kappa shape index (κ1) is 7.87. The molecule has 1 fully saturated rings. The molecule has 0 aromatic carbocycles. The summed E-state index contributed by atoms with van der Waals surface area (Å²) in [6, 6.07) is 4.42. The summed E-state index contributed by atoms with van der Waals surface area (Å²) in [5.41, 5.74) is 7.33. The Labute approximate surface area is 73.4 Å². The van der Waals surface area contributed by atoms with Crippen LogP contribution in [-0.2, 0) is 7.05 Å². The lowest BCUT2D eigenvalue weighted by atomic mass is 10.1. The Balaban J connectivity index is 2.02. The van der Waals surface area contributed by atoms with Crippen molar-refractivity contribution in [3.05, 3.63) is 24.0 Å². The lowest BCUT2D eigenvalue weighted by Crippen LogP contribution is -2.14. The van der Waals surface area contributed by atoms with Crippen molar-refractivity contribution in [3.8, 4) is 0 Å². The van der Waals surface area contributed by atoms with Crippen LogP contribution in [0.5, 0.6) is 0 Å². The third-order valence-electron chi connectivity index (χ3n) is 2.65. The van der Waals surface area contributed by atoms with Crippen LogP contribution in [0.25, 0.3) is 0 Å². The number of hydrogen-bond acceptors (Lipinski definition) is 1. The van der Waals surface area contributed by atoms with E-state index in [0.29, 0.717) is 0 Å². The molecule has 1 atom stereocenters. The largest absolute Gasteiger partial charge is 0.353 e. The van der Waals surface area contributed by atoms with E-state index in [1.54, 1.807) is 0 Å². The van der Waals surface area contributed by atoms with Gasteiger partial charge in [0.05, 0.1) is 0 Å². The normalized spacial score (nSPS) is 19.5. The zero-order chi connectivity index (χ0) is 8.55. The molecule has 1 aromatic heterocycles. The van der Waals surface area contributed by atoms with Crippen LogP contribution in [0.4, 0.5) is 0 Å². The molecule has 0 amide bonds. The standard InChI is InChI=1S/C10H16N2/c1-12-6-2-3-10(12)9(11)7-8-4-5-8/h2-3,6,8-9H,4-5,7,11H2,1H3/t9-/m1/s1. The van der Waals surface area contributed by atoms with Gasteiger partial charge in [-0.1, -0.05) is 12.8 Å². The molecule has 1 aliphatic carbocycles. The first-order valence-electron chi connectivity index (χ1n) is 4.64. The van der Waals surface area contributed by atoms with Crippen LogP contribution in [0, 0.1) is 5.92 Å². The van der Waals surface area contributed by atoms with E-state index < -0.39 is 0 Å². The molecule has 0 saturated heterocycles. The minimum absolute atomic E-state index is 0.248. The molecular formula is C10H16N2. The molecule has 1 aliphatic rings. The summed E-state index contributed by atoms with van der Waals surface area (Å²) >= 11 is 0. The topological polar surface area (TPSA) is 30.9 Å². The maximum atomic E-state index is 6.06. The van der Waals surface area contributed by atoms with Crippen LogP contribution in [-0.4, -0.2) is 4.57 Å². The Bertz CT molecular complexity index is 261.